The number of hydrogen-bond donors (Lipinski definition) is 0. The van der Waals surface area contributed by atoms with Crippen LogP contribution in [-0.4, -0.2) is 26.1 Å². The zero-order chi connectivity index (χ0) is 43.4. The molecule has 0 unspecified atom stereocenters. The van der Waals surface area contributed by atoms with Gasteiger partial charge >= 0.3 is 0 Å². The average molecular weight is 974 g/mol. The smallest absolute Gasteiger partial charge is 0.0795 e. The fraction of sp³-hybridized carbons (Fsp3) is 0.245. The van der Waals surface area contributed by atoms with Gasteiger partial charge in [0.15, 0.2) is 0 Å². The third-order valence-electron chi connectivity index (χ3n) is 10.5. The molecule has 0 aliphatic carbocycles. The van der Waals surface area contributed by atoms with Gasteiger partial charge in [-0.15, -0.1) is 71.3 Å². The summed E-state index contributed by atoms with van der Waals surface area (Å²) in [6.45, 7) is 20.5. The van der Waals surface area contributed by atoms with Gasteiger partial charge < -0.3 is 9.97 Å². The third-order valence-corrected chi connectivity index (χ3v) is 14.6. The largest absolute Gasteiger partial charge is 0.305 e. The van der Waals surface area contributed by atoms with Crippen LogP contribution in [0.25, 0.3) is 55.9 Å². The van der Waals surface area contributed by atoms with Crippen LogP contribution in [0.1, 0.15) is 60.3 Å². The average Bonchev–Trinajstić information content (AvgIpc) is 3.23. The van der Waals surface area contributed by atoms with Crippen molar-refractivity contribution in [2.45, 2.75) is 85.7 Å². The summed E-state index contributed by atoms with van der Waals surface area (Å²) in [5.41, 5.74) is 12.4. The Bertz CT molecular complexity index is 2490. The molecule has 5 heteroatoms. The van der Waals surface area contributed by atoms with Crippen molar-refractivity contribution in [2.24, 2.45) is 0 Å². The molecule has 0 fully saturated rings. The molecular formula is C53H58IrN2Si2-2. The van der Waals surface area contributed by atoms with Crippen LogP contribution in [0.5, 0.6) is 0 Å². The van der Waals surface area contributed by atoms with Crippen LogP contribution in [0, 0.1) is 19.0 Å². The molecule has 7 rings (SSSR count). The van der Waals surface area contributed by atoms with E-state index in [0.29, 0.717) is 5.69 Å². The van der Waals surface area contributed by atoms with Gasteiger partial charge in [0, 0.05) is 36.6 Å². The van der Waals surface area contributed by atoms with Crippen molar-refractivity contribution in [3.05, 3.63) is 169 Å². The molecule has 0 saturated heterocycles. The van der Waals surface area contributed by atoms with E-state index in [2.05, 4.69) is 169 Å². The number of aromatic nitrogens is 2. The van der Waals surface area contributed by atoms with Crippen LogP contribution in [-0.2, 0) is 20.1 Å². The molecule has 7 aromatic rings. The first-order valence-corrected chi connectivity index (χ1v) is 27.1. The van der Waals surface area contributed by atoms with Gasteiger partial charge in [-0.3, -0.25) is 0 Å². The molecule has 0 N–H and O–H groups in total. The zero-order valence-electron chi connectivity index (χ0n) is 38.7. The van der Waals surface area contributed by atoms with Gasteiger partial charge in [-0.05, 0) is 79.8 Å². The second kappa shape index (κ2) is 19.0. The Balaban J connectivity index is 0.000000347. The van der Waals surface area contributed by atoms with Crippen molar-refractivity contribution in [3.8, 4) is 55.9 Å². The molecule has 2 aromatic heterocycles. The summed E-state index contributed by atoms with van der Waals surface area (Å²) in [6.07, 6.45) is 3.57. The minimum absolute atomic E-state index is 0. The fourth-order valence-electron chi connectivity index (χ4n) is 7.02. The normalized spacial score (nSPS) is 12.5. The summed E-state index contributed by atoms with van der Waals surface area (Å²) in [5, 5.41) is 2.82. The van der Waals surface area contributed by atoms with E-state index in [4.69, 9.17) is 9.10 Å². The number of pyridine rings is 2. The second-order valence-electron chi connectivity index (χ2n) is 17.6. The predicted octanol–water partition coefficient (Wildman–Crippen LogP) is 13.7. The van der Waals surface area contributed by atoms with Crippen molar-refractivity contribution >= 4 is 26.5 Å². The van der Waals surface area contributed by atoms with Crippen LogP contribution in [0.4, 0.5) is 0 Å². The molecule has 0 atom stereocenters. The van der Waals surface area contributed by atoms with Crippen molar-refractivity contribution in [3.63, 3.8) is 0 Å². The van der Waals surface area contributed by atoms with E-state index in [-0.39, 0.29) is 37.5 Å². The maximum atomic E-state index is 8.47. The molecule has 0 aliphatic heterocycles. The van der Waals surface area contributed by atoms with Crippen LogP contribution in [0.15, 0.2) is 140 Å². The quantitative estimate of drug-likeness (QED) is 0.106. The summed E-state index contributed by atoms with van der Waals surface area (Å²) in [4.78, 5) is 9.23. The summed E-state index contributed by atoms with van der Waals surface area (Å²) in [6, 6.07) is 50.7. The monoisotopic (exact) mass is 974 g/mol. The first-order valence-electron chi connectivity index (χ1n) is 21.6. The Morgan fingerprint density at radius 2 is 1.10 bits per heavy atom. The SMILES string of the molecule is C[Si](C)(C)c1ccc(-c2[c-]cccc2)nc1.[2H]C([2H])([2H])c1cnc(-c2[c-]ccc(-c3ccc([Si](C)(C)C)cc3)c2)cc1-c1c(C(C)C)cc(-c2ccccc2)cc1C(C)C.[Ir]. The zero-order valence-corrected chi connectivity index (χ0v) is 40.1. The summed E-state index contributed by atoms with van der Waals surface area (Å²) >= 11 is 0. The maximum Gasteiger partial charge on any atom is 0.0795 e. The van der Waals surface area contributed by atoms with E-state index in [0.717, 1.165) is 61.3 Å². The van der Waals surface area contributed by atoms with Crippen molar-refractivity contribution in [2.75, 3.05) is 0 Å². The number of nitrogens with zero attached hydrogens (tertiary/aromatic N) is 2. The Kier molecular flexibility index (Phi) is 13.2. The molecule has 0 aliphatic rings. The van der Waals surface area contributed by atoms with Gasteiger partial charge in [-0.2, -0.15) is 0 Å². The van der Waals surface area contributed by atoms with Crippen LogP contribution in [0.3, 0.4) is 0 Å². The number of benzene rings is 5. The van der Waals surface area contributed by atoms with Gasteiger partial charge in [-0.1, -0.05) is 157 Å². The Morgan fingerprint density at radius 3 is 1.66 bits per heavy atom. The number of hydrogen-bond acceptors (Lipinski definition) is 2. The van der Waals surface area contributed by atoms with Gasteiger partial charge in [0.05, 0.1) is 16.1 Å². The molecule has 0 spiro atoms. The first-order chi connectivity index (χ1) is 28.3. The van der Waals surface area contributed by atoms with Gasteiger partial charge in [-0.25, -0.2) is 0 Å². The maximum absolute atomic E-state index is 8.47. The van der Waals surface area contributed by atoms with E-state index in [1.54, 1.807) is 6.20 Å². The van der Waals surface area contributed by atoms with Crippen LogP contribution in [0.2, 0.25) is 39.3 Å². The molecule has 0 amide bonds. The molecule has 58 heavy (non-hydrogen) atoms. The topological polar surface area (TPSA) is 25.8 Å². The van der Waals surface area contributed by atoms with E-state index in [1.807, 2.05) is 48.7 Å². The van der Waals surface area contributed by atoms with Crippen molar-refractivity contribution < 1.29 is 24.2 Å². The molecule has 5 aromatic carbocycles. The number of aryl methyl sites for hydroxylation is 1. The van der Waals surface area contributed by atoms with Crippen molar-refractivity contribution in [1.29, 1.82) is 0 Å². The standard InChI is InChI=1S/C39H42NSi.C14H16NSi.Ir/c1-26(2)35-22-33(29-13-10-9-11-14-29)23-36(27(3)4)39(35)37-24-38(40-25-28(37)5)32-16-12-15-31(21-32)30-17-19-34(20-18-30)41(6,7)8;1-16(2,3)13-9-10-14(15-11-13)12-7-5-4-6-8-12;/h9-15,17-27H,1-8H3;4-7,9-11H,1-3H3;/q2*-1;/i5D3;;. The summed E-state index contributed by atoms with van der Waals surface area (Å²) in [7, 11) is -2.62. The summed E-state index contributed by atoms with van der Waals surface area (Å²) < 4.78 is 25.4. The number of rotatable bonds is 9. The Morgan fingerprint density at radius 1 is 0.517 bits per heavy atom. The Labute approximate surface area is 368 Å². The molecule has 2 heterocycles. The fourth-order valence-corrected chi connectivity index (χ4v) is 9.22. The summed E-state index contributed by atoms with van der Waals surface area (Å²) in [5.74, 6) is 0.363. The van der Waals surface area contributed by atoms with E-state index in [9.17, 15) is 0 Å². The second-order valence-corrected chi connectivity index (χ2v) is 27.8. The van der Waals surface area contributed by atoms with Crippen molar-refractivity contribution in [1.82, 2.24) is 9.97 Å². The molecule has 0 bridgehead atoms. The van der Waals surface area contributed by atoms with E-state index in [1.165, 1.54) is 10.4 Å². The molecule has 1 radical (unpaired) electrons. The van der Waals surface area contributed by atoms with Gasteiger partial charge in [0.1, 0.15) is 0 Å². The van der Waals surface area contributed by atoms with Gasteiger partial charge in [0.2, 0.25) is 0 Å². The minimum atomic E-state index is -2.31. The predicted molar refractivity (Wildman–Crippen MR) is 252 cm³/mol. The molecule has 0 saturated carbocycles. The Hall–Kier alpha value is -4.52. The molecule has 299 valence electrons. The first kappa shape index (κ1) is 40.3. The minimum Gasteiger partial charge on any atom is -0.305 e. The van der Waals surface area contributed by atoms with E-state index >= 15 is 0 Å². The van der Waals surface area contributed by atoms with Crippen LogP contribution >= 0.6 is 0 Å². The third kappa shape index (κ3) is 10.7. The van der Waals surface area contributed by atoms with Crippen LogP contribution < -0.4 is 10.4 Å². The van der Waals surface area contributed by atoms with E-state index < -0.39 is 23.0 Å². The molecule has 2 nitrogen and oxygen atoms in total. The van der Waals surface area contributed by atoms with Gasteiger partial charge in [0.25, 0.3) is 0 Å². The molecular weight excluding hydrogens is 913 g/mol.